The van der Waals surface area contributed by atoms with Crippen molar-refractivity contribution in [1.82, 2.24) is 0 Å². The lowest BCUT2D eigenvalue weighted by Gasteiger charge is -2.18. The minimum atomic E-state index is 0. The Morgan fingerprint density at radius 3 is 1.09 bits per heavy atom. The highest BCUT2D eigenvalue weighted by atomic mass is 79.9. The Morgan fingerprint density at radius 2 is 0.750 bits per heavy atom. The first-order chi connectivity index (χ1) is 20.4. The van der Waals surface area contributed by atoms with E-state index in [0.717, 1.165) is 43.1 Å². The van der Waals surface area contributed by atoms with Gasteiger partial charge in [0, 0.05) is 82.9 Å². The van der Waals surface area contributed by atoms with E-state index < -0.39 is 0 Å². The van der Waals surface area contributed by atoms with Crippen LogP contribution >= 0.6 is 31.9 Å². The number of anilines is 4. The molecule has 4 nitrogen and oxygen atoms in total. The number of benzene rings is 4. The summed E-state index contributed by atoms with van der Waals surface area (Å²) in [6.45, 7) is 0. The van der Waals surface area contributed by atoms with Gasteiger partial charge in [-0.05, 0) is 59.7 Å². The molecule has 0 aliphatic carbocycles. The van der Waals surface area contributed by atoms with Crippen LogP contribution in [0.3, 0.4) is 0 Å². The molecule has 0 bridgehead atoms. The molecule has 0 unspecified atom stereocenters. The van der Waals surface area contributed by atoms with Crippen molar-refractivity contribution in [3.8, 4) is 22.5 Å². The van der Waals surface area contributed by atoms with Gasteiger partial charge >= 0.3 is 0 Å². The summed E-state index contributed by atoms with van der Waals surface area (Å²) in [5.74, 6) is 0. The predicted octanol–water partition coefficient (Wildman–Crippen LogP) is 2.98. The number of hydrogen-bond donors (Lipinski definition) is 0. The van der Waals surface area contributed by atoms with Crippen molar-refractivity contribution in [2.75, 3.05) is 23.9 Å². The quantitative estimate of drug-likeness (QED) is 0.230. The number of pyridine rings is 2. The van der Waals surface area contributed by atoms with Gasteiger partial charge in [-0.15, -0.1) is 0 Å². The lowest BCUT2D eigenvalue weighted by atomic mass is 10.0. The van der Waals surface area contributed by atoms with E-state index >= 15 is 0 Å². The normalized spacial score (nSPS) is 10.4. The van der Waals surface area contributed by atoms with Crippen molar-refractivity contribution in [2.45, 2.75) is 0 Å². The molecular formula is C36H30Br4N4. The summed E-state index contributed by atoms with van der Waals surface area (Å²) in [5.41, 5.74) is 9.11. The fraction of sp³-hybridized carbons (Fsp3) is 0.0556. The van der Waals surface area contributed by atoms with Crippen LogP contribution in [0.4, 0.5) is 22.7 Å². The maximum absolute atomic E-state index is 3.52. The van der Waals surface area contributed by atoms with Gasteiger partial charge in [-0.25, -0.2) is 0 Å². The molecule has 0 aliphatic heterocycles. The molecule has 0 amide bonds. The Bertz CT molecular complexity index is 1670. The van der Waals surface area contributed by atoms with E-state index in [2.05, 4.69) is 211 Å². The summed E-state index contributed by atoms with van der Waals surface area (Å²) in [6.07, 6.45) is 8.46. The Morgan fingerprint density at radius 1 is 0.432 bits per heavy atom. The third-order valence-electron chi connectivity index (χ3n) is 7.45. The van der Waals surface area contributed by atoms with Crippen LogP contribution in [-0.2, 0) is 0 Å². The zero-order chi connectivity index (χ0) is 29.1. The van der Waals surface area contributed by atoms with Gasteiger partial charge in [0.1, 0.15) is 0 Å². The van der Waals surface area contributed by atoms with E-state index in [-0.39, 0.29) is 34.0 Å². The molecule has 6 rings (SSSR count). The van der Waals surface area contributed by atoms with Gasteiger partial charge in [-0.3, -0.25) is 0 Å². The Hall–Kier alpha value is -3.30. The highest BCUT2D eigenvalue weighted by Gasteiger charge is 2.13. The van der Waals surface area contributed by atoms with E-state index in [1.54, 1.807) is 0 Å². The molecule has 0 saturated heterocycles. The summed E-state index contributed by atoms with van der Waals surface area (Å²) in [5, 5.41) is 0. The van der Waals surface area contributed by atoms with Crippen LogP contribution in [0, 0.1) is 0 Å². The molecule has 0 atom stereocenters. The molecule has 8 heteroatoms. The van der Waals surface area contributed by atoms with Gasteiger partial charge in [0.2, 0.25) is 11.4 Å². The number of hydrogen-bond acceptors (Lipinski definition) is 2. The topological polar surface area (TPSA) is 14.2 Å². The standard InChI is InChI=1S/C36H30Br2N4.2BrH/c1-39(31-13-9-29(37)10-14-31)33-17-21-41(22-18-33)35-7-3-5-27(25-35)28-6-4-8-36(26-28)42-23-19-34(20-24-42)40(2)32-15-11-30(38)12-16-32;;/h3-26H,1-2H3;2*1H/q+2;;/p-2. The fourth-order valence-electron chi connectivity index (χ4n) is 4.95. The molecule has 2 aromatic heterocycles. The summed E-state index contributed by atoms with van der Waals surface area (Å²) >= 11 is 7.03. The first-order valence-electron chi connectivity index (χ1n) is 13.7. The molecule has 0 N–H and O–H groups in total. The van der Waals surface area contributed by atoms with Crippen molar-refractivity contribution in [3.63, 3.8) is 0 Å². The van der Waals surface area contributed by atoms with E-state index in [9.17, 15) is 0 Å². The van der Waals surface area contributed by atoms with Crippen molar-refractivity contribution >= 4 is 54.6 Å². The number of halogens is 4. The highest BCUT2D eigenvalue weighted by Crippen LogP contribution is 2.27. The number of nitrogens with zero attached hydrogens (tertiary/aromatic N) is 4. The number of aromatic nitrogens is 2. The molecule has 4 aromatic carbocycles. The largest absolute Gasteiger partial charge is 1.00 e. The van der Waals surface area contributed by atoms with Gasteiger partial charge in [0.25, 0.3) is 0 Å². The molecule has 0 saturated carbocycles. The maximum atomic E-state index is 3.52. The number of rotatable bonds is 7. The third-order valence-corrected chi connectivity index (χ3v) is 8.51. The van der Waals surface area contributed by atoms with Crippen LogP contribution in [-0.4, -0.2) is 14.1 Å². The molecule has 0 aliphatic rings. The molecular weight excluding hydrogens is 808 g/mol. The summed E-state index contributed by atoms with van der Waals surface area (Å²) < 4.78 is 6.46. The first kappa shape index (κ1) is 33.6. The van der Waals surface area contributed by atoms with Gasteiger partial charge in [0.05, 0.1) is 11.4 Å². The summed E-state index contributed by atoms with van der Waals surface area (Å²) in [7, 11) is 4.17. The van der Waals surface area contributed by atoms with Gasteiger partial charge in [-0.2, -0.15) is 9.13 Å². The minimum Gasteiger partial charge on any atom is -1.00 e. The zero-order valence-corrected chi connectivity index (χ0v) is 30.5. The monoisotopic (exact) mass is 834 g/mol. The zero-order valence-electron chi connectivity index (χ0n) is 24.2. The second kappa shape index (κ2) is 15.1. The highest BCUT2D eigenvalue weighted by molar-refractivity contribution is 9.10. The third kappa shape index (κ3) is 7.67. The lowest BCUT2D eigenvalue weighted by Crippen LogP contribution is -3.00. The SMILES string of the molecule is CN(c1ccc(Br)cc1)c1cc[n+](-c2cccc(-c3cccc(-[n+]4ccc(N(C)c5ccc(Br)cc5)cc4)c3)c2)cc1.[Br-].[Br-]. The van der Waals surface area contributed by atoms with E-state index in [4.69, 9.17) is 0 Å². The molecule has 0 spiro atoms. The summed E-state index contributed by atoms with van der Waals surface area (Å²) in [4.78, 5) is 4.36. The minimum absolute atomic E-state index is 0. The van der Waals surface area contributed by atoms with Crippen molar-refractivity contribution in [1.29, 1.82) is 0 Å². The van der Waals surface area contributed by atoms with Gasteiger partial charge < -0.3 is 43.8 Å². The van der Waals surface area contributed by atoms with Crippen LogP contribution in [0.2, 0.25) is 0 Å². The second-order valence-corrected chi connectivity index (χ2v) is 11.9. The Balaban J connectivity index is 0.00000221. The Labute approximate surface area is 297 Å². The molecule has 6 aromatic rings. The molecule has 44 heavy (non-hydrogen) atoms. The average molecular weight is 838 g/mol. The second-order valence-electron chi connectivity index (χ2n) is 10.1. The smallest absolute Gasteiger partial charge is 0.211 e. The lowest BCUT2D eigenvalue weighted by molar-refractivity contribution is -0.595. The average Bonchev–Trinajstić information content (AvgIpc) is 3.05. The van der Waals surface area contributed by atoms with Crippen molar-refractivity contribution in [2.24, 2.45) is 0 Å². The van der Waals surface area contributed by atoms with Gasteiger partial charge in [-0.1, -0.05) is 56.1 Å². The van der Waals surface area contributed by atoms with Crippen LogP contribution < -0.4 is 52.9 Å². The first-order valence-corrected chi connectivity index (χ1v) is 15.3. The van der Waals surface area contributed by atoms with Crippen LogP contribution in [0.15, 0.2) is 155 Å². The molecule has 0 fully saturated rings. The van der Waals surface area contributed by atoms with E-state index in [1.165, 1.54) is 11.1 Å². The fourth-order valence-corrected chi connectivity index (χ4v) is 5.48. The van der Waals surface area contributed by atoms with Crippen LogP contribution in [0.25, 0.3) is 22.5 Å². The molecule has 222 valence electrons. The predicted molar refractivity (Wildman–Crippen MR) is 179 cm³/mol. The Kier molecular flexibility index (Phi) is 11.5. The summed E-state index contributed by atoms with van der Waals surface area (Å²) in [6, 6.07) is 42.6. The van der Waals surface area contributed by atoms with Crippen molar-refractivity contribution < 1.29 is 43.1 Å². The molecule has 2 heterocycles. The maximum Gasteiger partial charge on any atom is 0.211 e. The van der Waals surface area contributed by atoms with Crippen LogP contribution in [0.5, 0.6) is 0 Å². The van der Waals surface area contributed by atoms with E-state index in [1.807, 2.05) is 0 Å². The van der Waals surface area contributed by atoms with Crippen molar-refractivity contribution in [3.05, 3.63) is 155 Å². The van der Waals surface area contributed by atoms with Crippen LogP contribution in [0.1, 0.15) is 0 Å². The molecule has 0 radical (unpaired) electrons. The van der Waals surface area contributed by atoms with Gasteiger partial charge in [0.15, 0.2) is 24.8 Å². The van der Waals surface area contributed by atoms with E-state index in [0.29, 0.717) is 0 Å².